The number of rotatable bonds is 4. The number of amides is 4. The second kappa shape index (κ2) is 13.1. The van der Waals surface area contributed by atoms with E-state index in [1.54, 1.807) is 38.2 Å². The fraction of sp³-hybridized carbons (Fsp3) is 0.600. The van der Waals surface area contributed by atoms with E-state index in [4.69, 9.17) is 4.74 Å². The van der Waals surface area contributed by atoms with Crippen LogP contribution in [0.25, 0.3) is 0 Å². The highest BCUT2D eigenvalue weighted by atomic mass is 16.5. The molecule has 1 aromatic carbocycles. The SMILES string of the molecule is C[C@@H]1NC(=O)C[C@@H](C(=O)NCCN2CCCCCC2)NC(=O)c2ccccc2OCCN(C)C1=O. The Morgan fingerprint density at radius 3 is 2.51 bits per heavy atom. The summed E-state index contributed by atoms with van der Waals surface area (Å²) < 4.78 is 5.77. The molecule has 10 heteroatoms. The summed E-state index contributed by atoms with van der Waals surface area (Å²) in [6, 6.07) is 4.83. The summed E-state index contributed by atoms with van der Waals surface area (Å²) in [6.45, 7) is 5.21. The van der Waals surface area contributed by atoms with Gasteiger partial charge in [-0.3, -0.25) is 19.2 Å². The molecule has 10 nitrogen and oxygen atoms in total. The van der Waals surface area contributed by atoms with E-state index in [9.17, 15) is 19.2 Å². The molecule has 2 heterocycles. The number of hydrogen-bond acceptors (Lipinski definition) is 6. The van der Waals surface area contributed by atoms with Crippen LogP contribution in [0.3, 0.4) is 0 Å². The van der Waals surface area contributed by atoms with E-state index in [0.717, 1.165) is 25.9 Å². The first kappa shape index (κ1) is 26.5. The number of carbonyl (C=O) groups excluding carboxylic acids is 4. The minimum atomic E-state index is -1.09. The highest BCUT2D eigenvalue weighted by Gasteiger charge is 2.28. The van der Waals surface area contributed by atoms with Crippen LogP contribution in [0.5, 0.6) is 5.75 Å². The summed E-state index contributed by atoms with van der Waals surface area (Å²) >= 11 is 0. The maximum atomic E-state index is 13.1. The molecule has 192 valence electrons. The number of nitrogens with zero attached hydrogens (tertiary/aromatic N) is 2. The van der Waals surface area contributed by atoms with E-state index in [-0.39, 0.29) is 31.0 Å². The number of hydrogen-bond donors (Lipinski definition) is 3. The molecular weight excluding hydrogens is 450 g/mol. The number of ether oxygens (including phenoxy) is 1. The molecule has 1 saturated heterocycles. The molecule has 0 radical (unpaired) electrons. The lowest BCUT2D eigenvalue weighted by atomic mass is 10.1. The summed E-state index contributed by atoms with van der Waals surface area (Å²) in [5.74, 6) is -1.36. The molecule has 4 amide bonds. The molecule has 0 bridgehead atoms. The van der Waals surface area contributed by atoms with Crippen molar-refractivity contribution < 1.29 is 23.9 Å². The normalized spacial score (nSPS) is 23.1. The summed E-state index contributed by atoms with van der Waals surface area (Å²) in [7, 11) is 1.62. The standard InChI is InChI=1S/C25H37N5O5/c1-18-25(34)29(2)15-16-35-21-10-6-5-9-19(21)23(32)28-20(17-22(31)27-18)24(33)26-11-14-30-12-7-3-4-8-13-30/h5-6,9-10,18,20H,3-4,7-8,11-17H2,1-2H3,(H,26,33)(H,27,31)(H,28,32)/t18-,20-/m0/s1. The van der Waals surface area contributed by atoms with Gasteiger partial charge in [-0.2, -0.15) is 0 Å². The van der Waals surface area contributed by atoms with Crippen molar-refractivity contribution in [2.45, 2.75) is 51.1 Å². The van der Waals surface area contributed by atoms with Crippen molar-refractivity contribution in [3.05, 3.63) is 29.8 Å². The number of likely N-dealkylation sites (N-methyl/N-ethyl adjacent to an activating group) is 1. The lowest BCUT2D eigenvalue weighted by molar-refractivity contribution is -0.135. The monoisotopic (exact) mass is 487 g/mol. The first-order valence-corrected chi connectivity index (χ1v) is 12.4. The van der Waals surface area contributed by atoms with Crippen molar-refractivity contribution in [2.24, 2.45) is 0 Å². The van der Waals surface area contributed by atoms with E-state index in [1.165, 1.54) is 17.7 Å². The molecule has 1 aromatic rings. The lowest BCUT2D eigenvalue weighted by Gasteiger charge is -2.25. The Morgan fingerprint density at radius 2 is 1.77 bits per heavy atom. The second-order valence-corrected chi connectivity index (χ2v) is 9.17. The number of nitrogens with one attached hydrogen (secondary N) is 3. The van der Waals surface area contributed by atoms with Gasteiger partial charge in [-0.25, -0.2) is 0 Å². The Kier molecular flexibility index (Phi) is 9.89. The zero-order chi connectivity index (χ0) is 25.2. The van der Waals surface area contributed by atoms with Gasteiger partial charge in [-0.15, -0.1) is 0 Å². The minimum Gasteiger partial charge on any atom is -0.491 e. The van der Waals surface area contributed by atoms with Crippen LogP contribution in [0.2, 0.25) is 0 Å². The van der Waals surface area contributed by atoms with Gasteiger partial charge in [0.2, 0.25) is 17.7 Å². The van der Waals surface area contributed by atoms with E-state index >= 15 is 0 Å². The van der Waals surface area contributed by atoms with Gasteiger partial charge in [0, 0.05) is 20.1 Å². The summed E-state index contributed by atoms with van der Waals surface area (Å²) in [4.78, 5) is 55.2. The molecule has 0 unspecified atom stereocenters. The Labute approximate surface area is 206 Å². The minimum absolute atomic E-state index is 0.174. The number of carbonyl (C=O) groups is 4. The third-order valence-corrected chi connectivity index (χ3v) is 6.38. The van der Waals surface area contributed by atoms with E-state index in [0.29, 0.717) is 18.8 Å². The van der Waals surface area contributed by atoms with E-state index in [2.05, 4.69) is 20.9 Å². The molecule has 2 aliphatic rings. The van der Waals surface area contributed by atoms with Gasteiger partial charge in [-0.1, -0.05) is 25.0 Å². The zero-order valence-corrected chi connectivity index (χ0v) is 20.7. The van der Waals surface area contributed by atoms with E-state index in [1.807, 2.05) is 0 Å². The number of likely N-dealkylation sites (tertiary alicyclic amines) is 1. The number of para-hydroxylation sites is 1. The van der Waals surface area contributed by atoms with Crippen molar-refractivity contribution in [1.29, 1.82) is 0 Å². The predicted molar refractivity (Wildman–Crippen MR) is 131 cm³/mol. The van der Waals surface area contributed by atoms with Crippen LogP contribution < -0.4 is 20.7 Å². The molecule has 1 fully saturated rings. The van der Waals surface area contributed by atoms with Crippen molar-refractivity contribution in [3.8, 4) is 5.75 Å². The lowest BCUT2D eigenvalue weighted by Crippen LogP contribution is -2.52. The molecule has 0 aliphatic carbocycles. The topological polar surface area (TPSA) is 120 Å². The van der Waals surface area contributed by atoms with Gasteiger partial charge in [0.05, 0.1) is 18.5 Å². The molecular formula is C25H37N5O5. The Hall–Kier alpha value is -3.14. The fourth-order valence-electron chi connectivity index (χ4n) is 4.33. The molecule has 3 rings (SSSR count). The smallest absolute Gasteiger partial charge is 0.255 e. The maximum Gasteiger partial charge on any atom is 0.255 e. The zero-order valence-electron chi connectivity index (χ0n) is 20.7. The average Bonchev–Trinajstić information content (AvgIpc) is 3.11. The van der Waals surface area contributed by atoms with Gasteiger partial charge >= 0.3 is 0 Å². The molecule has 0 saturated carbocycles. The van der Waals surface area contributed by atoms with Gasteiger partial charge < -0.3 is 30.5 Å². The molecule has 3 N–H and O–H groups in total. The summed E-state index contributed by atoms with van der Waals surface area (Å²) in [5.41, 5.74) is 0.259. The highest BCUT2D eigenvalue weighted by Crippen LogP contribution is 2.18. The van der Waals surface area contributed by atoms with Crippen molar-refractivity contribution >= 4 is 23.6 Å². The molecule has 2 atom stereocenters. The summed E-state index contributed by atoms with van der Waals surface area (Å²) in [6.07, 6.45) is 4.48. The van der Waals surface area contributed by atoms with E-state index < -0.39 is 29.8 Å². The second-order valence-electron chi connectivity index (χ2n) is 9.17. The Balaban J connectivity index is 1.72. The first-order chi connectivity index (χ1) is 16.8. The van der Waals surface area contributed by atoms with Crippen LogP contribution in [0.15, 0.2) is 24.3 Å². The van der Waals surface area contributed by atoms with Crippen molar-refractivity contribution in [1.82, 2.24) is 25.8 Å². The van der Waals surface area contributed by atoms with Gasteiger partial charge in [-0.05, 0) is 45.0 Å². The third kappa shape index (κ3) is 7.95. The fourth-order valence-corrected chi connectivity index (χ4v) is 4.33. The predicted octanol–water partition coefficient (Wildman–Crippen LogP) is 0.523. The summed E-state index contributed by atoms with van der Waals surface area (Å²) in [5, 5.41) is 8.19. The van der Waals surface area contributed by atoms with Crippen LogP contribution in [-0.2, 0) is 14.4 Å². The maximum absolute atomic E-state index is 13.1. The van der Waals surface area contributed by atoms with Crippen LogP contribution in [0.1, 0.15) is 49.4 Å². The Morgan fingerprint density at radius 1 is 1.06 bits per heavy atom. The number of fused-ring (bicyclic) bond motifs is 1. The van der Waals surface area contributed by atoms with Crippen LogP contribution in [0.4, 0.5) is 0 Å². The number of benzene rings is 1. The highest BCUT2D eigenvalue weighted by molar-refractivity contribution is 6.01. The van der Waals surface area contributed by atoms with Gasteiger partial charge in [0.15, 0.2) is 0 Å². The van der Waals surface area contributed by atoms with Crippen molar-refractivity contribution in [2.75, 3.05) is 46.4 Å². The van der Waals surface area contributed by atoms with Crippen LogP contribution >= 0.6 is 0 Å². The quantitative estimate of drug-likeness (QED) is 0.570. The molecule has 35 heavy (non-hydrogen) atoms. The average molecular weight is 488 g/mol. The van der Waals surface area contributed by atoms with Gasteiger partial charge in [0.1, 0.15) is 24.4 Å². The van der Waals surface area contributed by atoms with Crippen LogP contribution in [-0.4, -0.2) is 91.9 Å². The largest absolute Gasteiger partial charge is 0.491 e. The molecule has 0 spiro atoms. The van der Waals surface area contributed by atoms with Gasteiger partial charge in [0.25, 0.3) is 5.91 Å². The molecule has 2 aliphatic heterocycles. The Bertz CT molecular complexity index is 900. The van der Waals surface area contributed by atoms with Crippen molar-refractivity contribution in [3.63, 3.8) is 0 Å². The van der Waals surface area contributed by atoms with Crippen LogP contribution in [0, 0.1) is 0 Å². The molecule has 0 aromatic heterocycles. The first-order valence-electron chi connectivity index (χ1n) is 12.4. The third-order valence-electron chi connectivity index (χ3n) is 6.38.